The largest absolute Gasteiger partial charge is 0.481 e. The highest BCUT2D eigenvalue weighted by molar-refractivity contribution is 7.89. The Morgan fingerprint density at radius 3 is 2.61 bits per heavy atom. The molecule has 0 radical (unpaired) electrons. The van der Waals surface area contributed by atoms with Crippen LogP contribution in [0, 0.1) is 6.92 Å². The van der Waals surface area contributed by atoms with Crippen LogP contribution in [0.2, 0.25) is 0 Å². The summed E-state index contributed by atoms with van der Waals surface area (Å²) in [5, 5.41) is 8.58. The summed E-state index contributed by atoms with van der Waals surface area (Å²) in [5.74, 6) is -0.460. The Balaban J connectivity index is 2.79. The van der Waals surface area contributed by atoms with Crippen molar-refractivity contribution >= 4 is 16.0 Å². The lowest BCUT2D eigenvalue weighted by atomic mass is 10.0. The molecule has 0 spiro atoms. The number of imidazole rings is 1. The summed E-state index contributed by atoms with van der Waals surface area (Å²) in [6, 6.07) is 0. The zero-order valence-electron chi connectivity index (χ0n) is 10.5. The Bertz CT molecular complexity index is 533. The molecule has 1 rings (SSSR count). The summed E-state index contributed by atoms with van der Waals surface area (Å²) >= 11 is 0. The minimum Gasteiger partial charge on any atom is -0.481 e. The molecule has 0 atom stereocenters. The number of aromatic nitrogens is 2. The lowest BCUT2D eigenvalue weighted by molar-refractivity contribution is -0.137. The maximum absolute atomic E-state index is 12.0. The number of rotatable bonds is 6. The van der Waals surface area contributed by atoms with Crippen LogP contribution in [0.5, 0.6) is 0 Å². The van der Waals surface area contributed by atoms with E-state index in [2.05, 4.69) is 14.7 Å². The highest BCUT2D eigenvalue weighted by Gasteiger charge is 2.27. The molecule has 1 heterocycles. The lowest BCUT2D eigenvalue weighted by Gasteiger charge is -2.24. The molecular formula is C10H17N3O4S. The van der Waals surface area contributed by atoms with Crippen molar-refractivity contribution in [2.45, 2.75) is 44.2 Å². The van der Waals surface area contributed by atoms with E-state index in [0.717, 1.165) is 0 Å². The number of carbonyl (C=O) groups is 1. The third-order valence-corrected chi connectivity index (χ3v) is 3.95. The molecule has 1 aromatic rings. The van der Waals surface area contributed by atoms with Gasteiger partial charge in [0.25, 0.3) is 10.0 Å². The molecule has 7 nitrogen and oxygen atoms in total. The highest BCUT2D eigenvalue weighted by Crippen LogP contribution is 2.16. The fraction of sp³-hybridized carbons (Fsp3) is 0.600. The number of hydrogen-bond donors (Lipinski definition) is 3. The number of carboxylic acid groups (broad SMARTS) is 1. The van der Waals surface area contributed by atoms with Gasteiger partial charge in [-0.1, -0.05) is 0 Å². The molecule has 0 saturated heterocycles. The normalized spacial score (nSPS) is 12.6. The van der Waals surface area contributed by atoms with Crippen molar-refractivity contribution < 1.29 is 18.3 Å². The Labute approximate surface area is 106 Å². The molecule has 1 aromatic heterocycles. The van der Waals surface area contributed by atoms with Crippen molar-refractivity contribution in [2.75, 3.05) is 0 Å². The Hall–Kier alpha value is -1.41. The lowest BCUT2D eigenvalue weighted by Crippen LogP contribution is -2.43. The van der Waals surface area contributed by atoms with Crippen LogP contribution in [-0.2, 0) is 14.8 Å². The molecular weight excluding hydrogens is 258 g/mol. The summed E-state index contributed by atoms with van der Waals surface area (Å²) < 4.78 is 26.4. The quantitative estimate of drug-likeness (QED) is 0.705. The van der Waals surface area contributed by atoms with Gasteiger partial charge in [-0.2, -0.15) is 0 Å². The van der Waals surface area contributed by atoms with Gasteiger partial charge in [-0.15, -0.1) is 0 Å². The van der Waals surface area contributed by atoms with Crippen LogP contribution in [0.3, 0.4) is 0 Å². The van der Waals surface area contributed by atoms with Crippen LogP contribution < -0.4 is 4.72 Å². The third-order valence-electron chi connectivity index (χ3n) is 2.34. The van der Waals surface area contributed by atoms with Gasteiger partial charge in [-0.05, 0) is 27.2 Å². The van der Waals surface area contributed by atoms with Crippen LogP contribution in [-0.4, -0.2) is 35.0 Å². The molecule has 0 aliphatic rings. The van der Waals surface area contributed by atoms with Gasteiger partial charge in [0.1, 0.15) is 5.82 Å². The summed E-state index contributed by atoms with van der Waals surface area (Å²) in [6.45, 7) is 4.92. The van der Waals surface area contributed by atoms with Crippen molar-refractivity contribution in [2.24, 2.45) is 0 Å². The summed E-state index contributed by atoms with van der Waals surface area (Å²) in [5.41, 5.74) is -0.837. The van der Waals surface area contributed by atoms with E-state index >= 15 is 0 Å². The van der Waals surface area contributed by atoms with Crippen LogP contribution in [0.15, 0.2) is 11.2 Å². The van der Waals surface area contributed by atoms with Crippen molar-refractivity contribution in [3.63, 3.8) is 0 Å². The minimum absolute atomic E-state index is 0.0246. The van der Waals surface area contributed by atoms with Gasteiger partial charge in [0.15, 0.2) is 5.03 Å². The molecule has 3 N–H and O–H groups in total. The number of nitrogens with zero attached hydrogens (tertiary/aromatic N) is 1. The average Bonchev–Trinajstić information content (AvgIpc) is 2.61. The monoisotopic (exact) mass is 275 g/mol. The smallest absolute Gasteiger partial charge is 0.303 e. The molecule has 0 fully saturated rings. The number of aromatic amines is 1. The average molecular weight is 275 g/mol. The Morgan fingerprint density at radius 2 is 2.17 bits per heavy atom. The maximum Gasteiger partial charge on any atom is 0.303 e. The molecule has 0 unspecified atom stereocenters. The van der Waals surface area contributed by atoms with E-state index < -0.39 is 21.5 Å². The molecule has 0 bridgehead atoms. The van der Waals surface area contributed by atoms with Gasteiger partial charge < -0.3 is 10.1 Å². The number of hydrogen-bond acceptors (Lipinski definition) is 4. The minimum atomic E-state index is -3.71. The van der Waals surface area contributed by atoms with E-state index in [0.29, 0.717) is 5.82 Å². The van der Waals surface area contributed by atoms with E-state index in [4.69, 9.17) is 5.11 Å². The molecule has 8 heteroatoms. The SMILES string of the molecule is Cc1ncc(S(=O)(=O)NC(C)(C)CCC(=O)O)[nH]1. The van der Waals surface area contributed by atoms with Crippen LogP contribution in [0.4, 0.5) is 0 Å². The topological polar surface area (TPSA) is 112 Å². The van der Waals surface area contributed by atoms with E-state index in [1.807, 2.05) is 0 Å². The zero-order valence-corrected chi connectivity index (χ0v) is 11.3. The van der Waals surface area contributed by atoms with Gasteiger partial charge in [-0.25, -0.2) is 18.1 Å². The first-order valence-corrected chi connectivity index (χ1v) is 6.88. The fourth-order valence-electron chi connectivity index (χ4n) is 1.42. The van der Waals surface area contributed by atoms with Gasteiger partial charge in [0.05, 0.1) is 6.20 Å². The highest BCUT2D eigenvalue weighted by atomic mass is 32.2. The van der Waals surface area contributed by atoms with E-state index in [1.165, 1.54) is 6.20 Å². The summed E-state index contributed by atoms with van der Waals surface area (Å²) in [4.78, 5) is 16.9. The van der Waals surface area contributed by atoms with Gasteiger partial charge in [-0.3, -0.25) is 4.79 Å². The molecule has 0 aliphatic heterocycles. The van der Waals surface area contributed by atoms with Crippen molar-refractivity contribution in [3.8, 4) is 0 Å². The second-order valence-corrected chi connectivity index (χ2v) is 6.37. The Morgan fingerprint density at radius 1 is 1.56 bits per heavy atom. The van der Waals surface area contributed by atoms with Gasteiger partial charge in [0, 0.05) is 12.0 Å². The van der Waals surface area contributed by atoms with Gasteiger partial charge >= 0.3 is 5.97 Å². The van der Waals surface area contributed by atoms with Crippen LogP contribution in [0.1, 0.15) is 32.5 Å². The number of carboxylic acids is 1. The predicted molar refractivity (Wildman–Crippen MR) is 64.6 cm³/mol. The number of H-pyrrole nitrogens is 1. The zero-order chi connectivity index (χ0) is 14.0. The summed E-state index contributed by atoms with van der Waals surface area (Å²) in [7, 11) is -3.71. The van der Waals surface area contributed by atoms with E-state index in [1.54, 1.807) is 20.8 Å². The first-order chi connectivity index (χ1) is 8.12. The van der Waals surface area contributed by atoms with Crippen molar-refractivity contribution in [1.82, 2.24) is 14.7 Å². The van der Waals surface area contributed by atoms with E-state index in [-0.39, 0.29) is 17.9 Å². The number of sulfonamides is 1. The molecule has 102 valence electrons. The van der Waals surface area contributed by atoms with Crippen LogP contribution >= 0.6 is 0 Å². The second kappa shape index (κ2) is 5.07. The second-order valence-electron chi connectivity index (χ2n) is 4.72. The van der Waals surface area contributed by atoms with Crippen molar-refractivity contribution in [1.29, 1.82) is 0 Å². The number of nitrogens with one attached hydrogen (secondary N) is 2. The molecule has 18 heavy (non-hydrogen) atoms. The third kappa shape index (κ3) is 4.11. The molecule has 0 aliphatic carbocycles. The molecule has 0 aromatic carbocycles. The first-order valence-electron chi connectivity index (χ1n) is 5.40. The van der Waals surface area contributed by atoms with Crippen LogP contribution in [0.25, 0.3) is 0 Å². The first kappa shape index (κ1) is 14.7. The van der Waals surface area contributed by atoms with Gasteiger partial charge in [0.2, 0.25) is 0 Å². The van der Waals surface area contributed by atoms with E-state index in [9.17, 15) is 13.2 Å². The maximum atomic E-state index is 12.0. The standard InChI is InChI=1S/C10H17N3O4S/c1-7-11-6-8(12-7)18(16,17)13-10(2,3)5-4-9(14)15/h6,13H,4-5H2,1-3H3,(H,11,12)(H,14,15). The number of aliphatic carboxylic acids is 1. The predicted octanol–water partition coefficient (Wildman–Crippen LogP) is 0.640. The Kier molecular flexibility index (Phi) is 4.12. The number of aryl methyl sites for hydroxylation is 1. The molecule has 0 amide bonds. The molecule has 0 saturated carbocycles. The summed E-state index contributed by atoms with van der Waals surface area (Å²) in [6.07, 6.45) is 1.33. The van der Waals surface area contributed by atoms with Crippen molar-refractivity contribution in [3.05, 3.63) is 12.0 Å². The fourth-order valence-corrected chi connectivity index (χ4v) is 2.84.